The fraction of sp³-hybridized carbons (Fsp3) is 0.650. The maximum atomic E-state index is 12.9. The number of rotatable bonds is 2. The third kappa shape index (κ3) is 4.02. The van der Waals surface area contributed by atoms with Gasteiger partial charge in [-0.25, -0.2) is 4.79 Å². The molecule has 2 unspecified atom stereocenters. The second kappa shape index (κ2) is 6.77. The van der Waals surface area contributed by atoms with Gasteiger partial charge in [-0.2, -0.15) is 0 Å². The third-order valence-electron chi connectivity index (χ3n) is 5.15. The van der Waals surface area contributed by atoms with Crippen molar-refractivity contribution < 1.29 is 14.3 Å². The number of ether oxygens (including phenoxy) is 1. The molecule has 0 aliphatic carbocycles. The van der Waals surface area contributed by atoms with E-state index in [1.807, 2.05) is 44.7 Å². The molecule has 0 radical (unpaired) electrons. The molecule has 0 spiro atoms. The first-order chi connectivity index (χ1) is 11.7. The van der Waals surface area contributed by atoms with Crippen LogP contribution in [-0.4, -0.2) is 39.4 Å². The first-order valence-corrected chi connectivity index (χ1v) is 9.23. The molecule has 2 fully saturated rings. The van der Waals surface area contributed by atoms with Crippen LogP contribution in [0.3, 0.4) is 0 Å². The zero-order valence-corrected chi connectivity index (χ0v) is 15.6. The average molecular weight is 344 g/mol. The van der Waals surface area contributed by atoms with Crippen molar-refractivity contribution in [2.75, 3.05) is 0 Å². The van der Waals surface area contributed by atoms with Crippen molar-refractivity contribution in [3.63, 3.8) is 0 Å². The number of aryl methyl sites for hydroxylation is 1. The van der Waals surface area contributed by atoms with Crippen molar-refractivity contribution in [2.45, 2.75) is 77.5 Å². The van der Waals surface area contributed by atoms with Gasteiger partial charge < -0.3 is 9.64 Å². The van der Waals surface area contributed by atoms with Gasteiger partial charge in [0, 0.05) is 35.5 Å². The van der Waals surface area contributed by atoms with Crippen LogP contribution in [-0.2, 0) is 4.74 Å². The first kappa shape index (κ1) is 17.9. The van der Waals surface area contributed by atoms with Crippen LogP contribution in [0.25, 0.3) is 0 Å². The second-order valence-electron chi connectivity index (χ2n) is 8.35. The minimum absolute atomic E-state index is 0.0292. The summed E-state index contributed by atoms with van der Waals surface area (Å²) in [6, 6.07) is 3.95. The Labute approximate surface area is 149 Å². The smallest absolute Gasteiger partial charge is 0.410 e. The molecule has 3 heterocycles. The second-order valence-corrected chi connectivity index (χ2v) is 8.35. The zero-order chi connectivity index (χ0) is 18.2. The number of ketones is 1. The third-order valence-corrected chi connectivity index (χ3v) is 5.15. The lowest BCUT2D eigenvalue weighted by molar-refractivity contribution is -0.0260. The molecule has 136 valence electrons. The number of carbonyl (C=O) groups is 2. The maximum Gasteiger partial charge on any atom is 0.410 e. The Hall–Kier alpha value is -1.91. The zero-order valence-electron chi connectivity index (χ0n) is 15.6. The molecule has 1 amide bonds. The van der Waals surface area contributed by atoms with Crippen LogP contribution < -0.4 is 0 Å². The molecule has 1 aromatic rings. The average Bonchev–Trinajstić information content (AvgIpc) is 2.52. The summed E-state index contributed by atoms with van der Waals surface area (Å²) in [5.74, 6) is 0.131. The van der Waals surface area contributed by atoms with Crippen LogP contribution in [0.5, 0.6) is 0 Å². The Morgan fingerprint density at radius 2 is 1.80 bits per heavy atom. The van der Waals surface area contributed by atoms with Crippen molar-refractivity contribution in [1.29, 1.82) is 0 Å². The van der Waals surface area contributed by atoms with Gasteiger partial charge in [0.15, 0.2) is 5.78 Å². The van der Waals surface area contributed by atoms with Crippen molar-refractivity contribution in [3.05, 3.63) is 29.6 Å². The lowest BCUT2D eigenvalue weighted by Gasteiger charge is -2.48. The highest BCUT2D eigenvalue weighted by molar-refractivity contribution is 5.97. The number of hydrogen-bond acceptors (Lipinski definition) is 4. The van der Waals surface area contributed by atoms with Gasteiger partial charge >= 0.3 is 6.09 Å². The van der Waals surface area contributed by atoms with E-state index in [9.17, 15) is 9.59 Å². The van der Waals surface area contributed by atoms with E-state index in [-0.39, 0.29) is 29.9 Å². The molecule has 25 heavy (non-hydrogen) atoms. The normalized spacial score (nSPS) is 26.2. The monoisotopic (exact) mass is 344 g/mol. The standard InChI is InChI=1S/C20H28N2O3/c1-13-8-9-14(12-21-13)18(23)15-10-16-6-5-7-17(11-15)22(16)19(24)25-20(2,3)4/h8-9,12,15-17H,5-7,10-11H2,1-4H3. The van der Waals surface area contributed by atoms with E-state index >= 15 is 0 Å². The molecule has 3 rings (SSSR count). The van der Waals surface area contributed by atoms with Gasteiger partial charge in [0.2, 0.25) is 0 Å². The molecule has 2 saturated heterocycles. The van der Waals surface area contributed by atoms with Crippen molar-refractivity contribution in [2.24, 2.45) is 5.92 Å². The SMILES string of the molecule is Cc1ccc(C(=O)C2CC3CCCC(C2)N3C(=O)OC(C)(C)C)cn1. The van der Waals surface area contributed by atoms with Crippen LogP contribution in [0.15, 0.2) is 18.3 Å². The molecular formula is C20H28N2O3. The highest BCUT2D eigenvalue weighted by atomic mass is 16.6. The fourth-order valence-corrected chi connectivity index (χ4v) is 4.06. The molecule has 2 bridgehead atoms. The topological polar surface area (TPSA) is 59.5 Å². The molecule has 5 heteroatoms. The number of hydrogen-bond donors (Lipinski definition) is 0. The quantitative estimate of drug-likeness (QED) is 0.757. The number of nitrogens with zero attached hydrogens (tertiary/aromatic N) is 2. The summed E-state index contributed by atoms with van der Waals surface area (Å²) in [5.41, 5.74) is 1.10. The molecule has 2 atom stereocenters. The number of Topliss-reactive ketones (excluding diaryl/α,β-unsaturated/α-hetero) is 1. The summed E-state index contributed by atoms with van der Waals surface area (Å²) in [5, 5.41) is 0. The molecule has 2 aliphatic rings. The molecule has 1 aromatic heterocycles. The van der Waals surface area contributed by atoms with Gasteiger partial charge in [-0.15, -0.1) is 0 Å². The van der Waals surface area contributed by atoms with E-state index in [1.165, 1.54) is 0 Å². The van der Waals surface area contributed by atoms with Crippen LogP contribution in [0.2, 0.25) is 0 Å². The van der Waals surface area contributed by atoms with E-state index in [2.05, 4.69) is 4.98 Å². The van der Waals surface area contributed by atoms with Crippen LogP contribution in [0.4, 0.5) is 4.79 Å². The van der Waals surface area contributed by atoms with Crippen LogP contribution in [0, 0.1) is 12.8 Å². The lowest BCUT2D eigenvalue weighted by Crippen LogP contribution is -2.56. The number of amides is 1. The van der Waals surface area contributed by atoms with E-state index < -0.39 is 5.60 Å². The van der Waals surface area contributed by atoms with Crippen LogP contribution in [0.1, 0.15) is 68.9 Å². The lowest BCUT2D eigenvalue weighted by atomic mass is 9.76. The predicted octanol–water partition coefficient (Wildman–Crippen LogP) is 4.14. The Morgan fingerprint density at radius 1 is 1.16 bits per heavy atom. The number of carbonyl (C=O) groups excluding carboxylic acids is 2. The highest BCUT2D eigenvalue weighted by Crippen LogP contribution is 2.39. The van der Waals surface area contributed by atoms with E-state index in [0.717, 1.165) is 37.8 Å². The summed E-state index contributed by atoms with van der Waals surface area (Å²) < 4.78 is 5.60. The molecule has 0 N–H and O–H groups in total. The van der Waals surface area contributed by atoms with E-state index in [0.29, 0.717) is 5.56 Å². The Bertz CT molecular complexity index is 634. The van der Waals surface area contributed by atoms with Gasteiger partial charge in [-0.1, -0.05) is 0 Å². The van der Waals surface area contributed by atoms with E-state index in [4.69, 9.17) is 4.74 Å². The molecule has 2 aliphatic heterocycles. The van der Waals surface area contributed by atoms with Gasteiger partial charge in [0.25, 0.3) is 0 Å². The van der Waals surface area contributed by atoms with Crippen molar-refractivity contribution >= 4 is 11.9 Å². The molecule has 0 saturated carbocycles. The Balaban J connectivity index is 1.73. The minimum Gasteiger partial charge on any atom is -0.444 e. The van der Waals surface area contributed by atoms with E-state index in [1.54, 1.807) is 6.20 Å². The fourth-order valence-electron chi connectivity index (χ4n) is 4.06. The van der Waals surface area contributed by atoms with Gasteiger partial charge in [-0.05, 0) is 71.9 Å². The number of aromatic nitrogens is 1. The number of pyridine rings is 1. The number of fused-ring (bicyclic) bond motifs is 2. The Morgan fingerprint density at radius 3 is 2.32 bits per heavy atom. The summed E-state index contributed by atoms with van der Waals surface area (Å²) in [6.07, 6.45) is 5.91. The van der Waals surface area contributed by atoms with Gasteiger partial charge in [-0.3, -0.25) is 9.78 Å². The molecular weight excluding hydrogens is 316 g/mol. The van der Waals surface area contributed by atoms with Gasteiger partial charge in [0.1, 0.15) is 5.60 Å². The minimum atomic E-state index is -0.494. The number of piperidine rings is 2. The highest BCUT2D eigenvalue weighted by Gasteiger charge is 2.44. The van der Waals surface area contributed by atoms with Crippen molar-refractivity contribution in [3.8, 4) is 0 Å². The largest absolute Gasteiger partial charge is 0.444 e. The summed E-state index contributed by atoms with van der Waals surface area (Å²) >= 11 is 0. The first-order valence-electron chi connectivity index (χ1n) is 9.23. The predicted molar refractivity (Wildman–Crippen MR) is 95.5 cm³/mol. The summed E-state index contributed by atoms with van der Waals surface area (Å²) in [6.45, 7) is 7.59. The van der Waals surface area contributed by atoms with Crippen LogP contribution >= 0.6 is 0 Å². The Kier molecular flexibility index (Phi) is 4.85. The maximum absolute atomic E-state index is 12.9. The molecule has 0 aromatic carbocycles. The summed E-state index contributed by atoms with van der Waals surface area (Å²) in [4.78, 5) is 31.6. The van der Waals surface area contributed by atoms with Crippen molar-refractivity contribution in [1.82, 2.24) is 9.88 Å². The molecule has 5 nitrogen and oxygen atoms in total. The van der Waals surface area contributed by atoms with Gasteiger partial charge in [0.05, 0.1) is 0 Å². The summed E-state index contributed by atoms with van der Waals surface area (Å²) in [7, 11) is 0.